The number of Topliss-reactive ketones (excluding diaryl/α,β-unsaturated/α-hetero) is 1. The monoisotopic (exact) mass is 865 g/mol. The molecule has 8 heteroatoms. The van der Waals surface area contributed by atoms with E-state index >= 15 is 0 Å². The average Bonchev–Trinajstić information content (AvgIpc) is 3.18. The lowest BCUT2D eigenvalue weighted by Crippen LogP contribution is -2.71. The second kappa shape index (κ2) is 35.4. The third-order valence-corrected chi connectivity index (χ3v) is 13.8. The van der Waals surface area contributed by atoms with Crippen molar-refractivity contribution in [3.8, 4) is 0 Å². The van der Waals surface area contributed by atoms with Crippen LogP contribution in [0, 0.1) is 28.6 Å². The van der Waals surface area contributed by atoms with Crippen molar-refractivity contribution in [2.75, 3.05) is 0 Å². The van der Waals surface area contributed by atoms with Crippen LogP contribution in [0.25, 0.3) is 0 Å². The molecule has 0 rings (SSSR count). The van der Waals surface area contributed by atoms with Gasteiger partial charge in [-0.15, -0.1) is 0 Å². The quantitative estimate of drug-likeness (QED) is 0.0349. The van der Waals surface area contributed by atoms with Gasteiger partial charge in [0, 0.05) is 0 Å². The summed E-state index contributed by atoms with van der Waals surface area (Å²) >= 11 is 0. The molecule has 0 aliphatic carbocycles. The Labute approximate surface area is 376 Å². The van der Waals surface area contributed by atoms with Gasteiger partial charge in [-0.3, -0.25) is 14.4 Å². The minimum Gasteiger partial charge on any atom is -0.481 e. The molecule has 0 aliphatic rings. The van der Waals surface area contributed by atoms with Gasteiger partial charge in [0.15, 0.2) is 11.2 Å². The molecular formula is C53H100O8. The number of aliphatic carboxylic acids is 3. The molecule has 0 aromatic carbocycles. The van der Waals surface area contributed by atoms with E-state index in [1.165, 1.54) is 96.3 Å². The van der Waals surface area contributed by atoms with E-state index in [9.17, 15) is 39.6 Å². The fraction of sp³-hybridized carbons (Fsp3) is 0.925. The highest BCUT2D eigenvalue weighted by molar-refractivity contribution is 6.10. The Bertz CT molecular complexity index is 1080. The van der Waals surface area contributed by atoms with Crippen molar-refractivity contribution < 1.29 is 39.6 Å². The molecule has 0 radical (unpaired) electrons. The zero-order valence-electron chi connectivity index (χ0n) is 41.1. The van der Waals surface area contributed by atoms with Crippen molar-refractivity contribution in [1.82, 2.24) is 0 Å². The Morgan fingerprint density at radius 2 is 0.574 bits per heavy atom. The van der Waals surface area contributed by atoms with Crippen LogP contribution in [0.4, 0.5) is 0 Å². The van der Waals surface area contributed by atoms with E-state index in [0.717, 1.165) is 102 Å². The molecule has 2 unspecified atom stereocenters. The van der Waals surface area contributed by atoms with E-state index in [-0.39, 0.29) is 19.3 Å². The van der Waals surface area contributed by atoms with Crippen LogP contribution in [-0.4, -0.2) is 49.7 Å². The summed E-state index contributed by atoms with van der Waals surface area (Å²) in [5, 5.41) is 45.5. The van der Waals surface area contributed by atoms with E-state index in [1.807, 2.05) is 0 Å². The fourth-order valence-corrected chi connectivity index (χ4v) is 9.82. The first-order chi connectivity index (χ1) is 29.0. The Kier molecular flexibility index (Phi) is 34.3. The molecular weight excluding hydrogens is 765 g/mol. The lowest BCUT2D eigenvalue weighted by atomic mass is 9.52. The molecule has 2 atom stereocenters. The molecule has 0 bridgehead atoms. The zero-order valence-corrected chi connectivity index (χ0v) is 41.1. The third-order valence-electron chi connectivity index (χ3n) is 13.8. The molecule has 0 saturated carbocycles. The number of rotatable bonds is 45. The van der Waals surface area contributed by atoms with Gasteiger partial charge in [0.25, 0.3) is 0 Å². The van der Waals surface area contributed by atoms with Crippen molar-refractivity contribution in [1.29, 1.82) is 0 Å². The van der Waals surface area contributed by atoms with Gasteiger partial charge >= 0.3 is 17.9 Å². The van der Waals surface area contributed by atoms with E-state index in [4.69, 9.17) is 0 Å². The van der Waals surface area contributed by atoms with Gasteiger partial charge in [-0.25, -0.2) is 4.79 Å². The number of carbonyl (C=O) groups excluding carboxylic acids is 1. The first kappa shape index (κ1) is 59.0. The van der Waals surface area contributed by atoms with Gasteiger partial charge in [-0.05, 0) is 43.9 Å². The predicted octanol–water partition coefficient (Wildman–Crippen LogP) is 15.5. The number of hydrogen-bond acceptors (Lipinski definition) is 5. The smallest absolute Gasteiger partial charge is 0.338 e. The van der Waals surface area contributed by atoms with Gasteiger partial charge in [0.2, 0.25) is 5.60 Å². The topological polar surface area (TPSA) is 149 Å². The molecule has 8 nitrogen and oxygen atoms in total. The van der Waals surface area contributed by atoms with Gasteiger partial charge in [-0.1, -0.05) is 253 Å². The van der Waals surface area contributed by atoms with E-state index in [0.29, 0.717) is 32.1 Å². The Balaban J connectivity index is 5.83. The highest BCUT2D eigenvalue weighted by Gasteiger charge is 2.74. The standard InChI is InChI=1S/C53H100O8/c1-44(2)38-32-26-20-14-8-11-17-23-29-35-41-51(48(55)56,42-36-30-24-18-12-9-15-21-27-33-39-45(3)4)53(61,50(59)60)52(47(7)54,49(57)58)43-37-31-25-19-13-10-16-22-28-34-40-46(5)6/h44-46,61H,8-43H2,1-7H3,(H,55,56)(H,57,58)(H,59,60). The summed E-state index contributed by atoms with van der Waals surface area (Å²) in [5.74, 6) is -3.98. The van der Waals surface area contributed by atoms with Crippen molar-refractivity contribution in [3.63, 3.8) is 0 Å². The molecule has 0 aliphatic heterocycles. The van der Waals surface area contributed by atoms with Gasteiger partial charge in [-0.2, -0.15) is 0 Å². The fourth-order valence-electron chi connectivity index (χ4n) is 9.82. The van der Waals surface area contributed by atoms with Gasteiger partial charge in [0.1, 0.15) is 5.41 Å². The summed E-state index contributed by atoms with van der Waals surface area (Å²) < 4.78 is 0. The Morgan fingerprint density at radius 1 is 0.344 bits per heavy atom. The summed E-state index contributed by atoms with van der Waals surface area (Å²) in [6.07, 6.45) is 32.7. The molecule has 0 saturated heterocycles. The maximum atomic E-state index is 13.7. The molecule has 61 heavy (non-hydrogen) atoms. The van der Waals surface area contributed by atoms with Crippen molar-refractivity contribution >= 4 is 23.7 Å². The first-order valence-electron chi connectivity index (χ1n) is 26.0. The zero-order chi connectivity index (χ0) is 46.0. The lowest BCUT2D eigenvalue weighted by Gasteiger charge is -2.50. The van der Waals surface area contributed by atoms with Crippen LogP contribution in [0.15, 0.2) is 0 Å². The number of carboxylic acids is 3. The number of unbranched alkanes of at least 4 members (excludes halogenated alkanes) is 27. The largest absolute Gasteiger partial charge is 0.481 e. The minimum absolute atomic E-state index is 0.197. The lowest BCUT2D eigenvalue weighted by molar-refractivity contribution is -0.223. The second-order valence-corrected chi connectivity index (χ2v) is 20.6. The van der Waals surface area contributed by atoms with Crippen LogP contribution in [0.5, 0.6) is 0 Å². The molecule has 0 aromatic heterocycles. The average molecular weight is 865 g/mol. The van der Waals surface area contributed by atoms with E-state index < -0.39 is 46.5 Å². The summed E-state index contributed by atoms with van der Waals surface area (Å²) in [6.45, 7) is 14.6. The normalized spacial score (nSPS) is 14.1. The van der Waals surface area contributed by atoms with Gasteiger partial charge in [0.05, 0.1) is 0 Å². The summed E-state index contributed by atoms with van der Waals surface area (Å²) in [6, 6.07) is 0. The third kappa shape index (κ3) is 23.5. The maximum Gasteiger partial charge on any atom is 0.338 e. The van der Waals surface area contributed by atoms with Crippen molar-refractivity contribution in [2.24, 2.45) is 28.6 Å². The maximum absolute atomic E-state index is 13.7. The van der Waals surface area contributed by atoms with Crippen LogP contribution in [0.3, 0.4) is 0 Å². The van der Waals surface area contributed by atoms with E-state index in [2.05, 4.69) is 41.5 Å². The number of hydrogen-bond donors (Lipinski definition) is 4. The number of carbonyl (C=O) groups is 4. The van der Waals surface area contributed by atoms with Gasteiger partial charge < -0.3 is 20.4 Å². The predicted molar refractivity (Wildman–Crippen MR) is 254 cm³/mol. The van der Waals surface area contributed by atoms with Crippen molar-refractivity contribution in [2.45, 2.75) is 285 Å². The molecule has 0 amide bonds. The van der Waals surface area contributed by atoms with Crippen molar-refractivity contribution in [3.05, 3.63) is 0 Å². The molecule has 0 aromatic rings. The van der Waals surface area contributed by atoms with Crippen LogP contribution in [-0.2, 0) is 19.2 Å². The Hall–Kier alpha value is -1.96. The summed E-state index contributed by atoms with van der Waals surface area (Å²) in [4.78, 5) is 54.2. The molecule has 360 valence electrons. The SMILES string of the molecule is CC(=O)C(CCCCCCCCCCCCC(C)C)(C(=O)O)C(O)(C(=O)O)C(CCCCCCCCCCCCC(C)C)(CCCCCCCCCCCCC(C)C)C(=O)O. The van der Waals surface area contributed by atoms with Crippen LogP contribution < -0.4 is 0 Å². The number of carboxylic acid groups (broad SMARTS) is 3. The molecule has 0 fully saturated rings. The van der Waals surface area contributed by atoms with Crippen LogP contribution in [0.2, 0.25) is 0 Å². The summed E-state index contributed by atoms with van der Waals surface area (Å²) in [7, 11) is 0. The molecule has 0 heterocycles. The second-order valence-electron chi connectivity index (χ2n) is 20.6. The Morgan fingerprint density at radius 3 is 0.770 bits per heavy atom. The molecule has 4 N–H and O–H groups in total. The van der Waals surface area contributed by atoms with Crippen LogP contribution >= 0.6 is 0 Å². The van der Waals surface area contributed by atoms with Crippen LogP contribution in [0.1, 0.15) is 280 Å². The van der Waals surface area contributed by atoms with E-state index in [1.54, 1.807) is 0 Å². The highest BCUT2D eigenvalue weighted by Crippen LogP contribution is 2.54. The first-order valence-corrected chi connectivity index (χ1v) is 26.0. The highest BCUT2D eigenvalue weighted by atomic mass is 16.4. The number of aliphatic hydroxyl groups is 1. The number of ketones is 1. The minimum atomic E-state index is -3.33. The molecule has 0 spiro atoms. The summed E-state index contributed by atoms with van der Waals surface area (Å²) in [5.41, 5.74) is -8.47.